The molecule has 0 bridgehead atoms. The molecule has 1 atom stereocenters. The lowest BCUT2D eigenvalue weighted by Gasteiger charge is -2.37. The van der Waals surface area contributed by atoms with Crippen LogP contribution in [-0.4, -0.2) is 22.4 Å². The highest BCUT2D eigenvalue weighted by Crippen LogP contribution is 2.50. The van der Waals surface area contributed by atoms with Gasteiger partial charge in [0.1, 0.15) is 17.4 Å². The lowest BCUT2D eigenvalue weighted by molar-refractivity contribution is -0.386. The van der Waals surface area contributed by atoms with E-state index >= 15 is 0 Å². The summed E-state index contributed by atoms with van der Waals surface area (Å²) in [6.07, 6.45) is 0.826. The number of nitriles is 1. The molecule has 0 amide bonds. The number of nitro benzene ring substituents is 1. The van der Waals surface area contributed by atoms with Gasteiger partial charge in [-0.1, -0.05) is 13.8 Å². The molecule has 0 fully saturated rings. The molecule has 0 saturated heterocycles. The van der Waals surface area contributed by atoms with Gasteiger partial charge >= 0.3 is 0 Å². The summed E-state index contributed by atoms with van der Waals surface area (Å²) in [5.74, 6) is -0.446. The second-order valence-electron chi connectivity index (χ2n) is 8.67. The Bertz CT molecular complexity index is 1040. The van der Waals surface area contributed by atoms with Crippen molar-refractivity contribution in [2.24, 2.45) is 11.1 Å². The Labute approximate surface area is 182 Å². The minimum Gasteiger partial charge on any atom is -0.444 e. The fourth-order valence-electron chi connectivity index (χ4n) is 4.49. The number of rotatable bonds is 2. The second kappa shape index (κ2) is 8.90. The smallest absolute Gasteiger partial charge is 0.275 e. The molecule has 1 aliphatic heterocycles. The van der Waals surface area contributed by atoms with Crippen LogP contribution in [0.3, 0.4) is 0 Å². The number of nitrogens with zero attached hydrogens (tertiary/aromatic N) is 2. The average molecular weight is 428 g/mol. The van der Waals surface area contributed by atoms with Gasteiger partial charge < -0.3 is 15.6 Å². The summed E-state index contributed by atoms with van der Waals surface area (Å²) in [7, 11) is 0. The molecule has 166 valence electrons. The SMILES string of the molecule is CCO.Cc1cc(C)c([N+](=O)[O-])c(C)c1C1C(C#N)=C(N)OC2=C1C(=O)CC(C)(C)C2. The minimum atomic E-state index is -0.753. The summed E-state index contributed by atoms with van der Waals surface area (Å²) in [5, 5.41) is 29.0. The lowest BCUT2D eigenvalue weighted by Crippen LogP contribution is -2.34. The van der Waals surface area contributed by atoms with E-state index in [4.69, 9.17) is 15.6 Å². The van der Waals surface area contributed by atoms with Crippen molar-refractivity contribution >= 4 is 11.5 Å². The van der Waals surface area contributed by atoms with Gasteiger partial charge in [0.15, 0.2) is 5.78 Å². The third-order valence-corrected chi connectivity index (χ3v) is 5.54. The van der Waals surface area contributed by atoms with Crippen LogP contribution in [0, 0.1) is 47.6 Å². The summed E-state index contributed by atoms with van der Waals surface area (Å²) in [6, 6.07) is 3.79. The maximum Gasteiger partial charge on any atom is 0.275 e. The van der Waals surface area contributed by atoms with Crippen LogP contribution in [0.25, 0.3) is 0 Å². The van der Waals surface area contributed by atoms with E-state index in [1.165, 1.54) is 0 Å². The molecule has 8 nitrogen and oxygen atoms in total. The van der Waals surface area contributed by atoms with Crippen molar-refractivity contribution in [1.29, 1.82) is 5.26 Å². The molecule has 1 heterocycles. The van der Waals surface area contributed by atoms with Gasteiger partial charge in [-0.15, -0.1) is 0 Å². The Morgan fingerprint density at radius 3 is 2.42 bits per heavy atom. The Morgan fingerprint density at radius 2 is 1.90 bits per heavy atom. The van der Waals surface area contributed by atoms with Crippen LogP contribution >= 0.6 is 0 Å². The minimum absolute atomic E-state index is 0.00584. The molecule has 8 heteroatoms. The topological polar surface area (TPSA) is 139 Å². The summed E-state index contributed by atoms with van der Waals surface area (Å²) in [5.41, 5.74) is 8.61. The summed E-state index contributed by atoms with van der Waals surface area (Å²) in [6.45, 7) is 11.0. The van der Waals surface area contributed by atoms with Gasteiger partial charge in [0.05, 0.1) is 10.8 Å². The zero-order valence-corrected chi connectivity index (χ0v) is 18.8. The van der Waals surface area contributed by atoms with Gasteiger partial charge in [-0.05, 0) is 50.3 Å². The van der Waals surface area contributed by atoms with E-state index in [0.29, 0.717) is 40.9 Å². The van der Waals surface area contributed by atoms with Crippen molar-refractivity contribution in [2.75, 3.05) is 6.61 Å². The van der Waals surface area contributed by atoms with E-state index in [0.717, 1.165) is 5.56 Å². The summed E-state index contributed by atoms with van der Waals surface area (Å²) >= 11 is 0. The molecule has 2 aliphatic rings. The number of carbonyl (C=O) groups excluding carboxylic acids is 1. The predicted molar refractivity (Wildman–Crippen MR) is 116 cm³/mol. The molecule has 0 aromatic heterocycles. The quantitative estimate of drug-likeness (QED) is 0.537. The van der Waals surface area contributed by atoms with Gasteiger partial charge in [0.25, 0.3) is 5.69 Å². The van der Waals surface area contributed by atoms with Crippen molar-refractivity contribution in [1.82, 2.24) is 0 Å². The number of ketones is 1. The van der Waals surface area contributed by atoms with Crippen LogP contribution in [0.5, 0.6) is 0 Å². The normalized spacial score (nSPS) is 19.7. The van der Waals surface area contributed by atoms with Crippen molar-refractivity contribution in [2.45, 2.75) is 60.3 Å². The van der Waals surface area contributed by atoms with Crippen LogP contribution in [-0.2, 0) is 9.53 Å². The Hall–Kier alpha value is -3.18. The molecule has 1 aromatic carbocycles. The van der Waals surface area contributed by atoms with Crippen molar-refractivity contribution in [3.8, 4) is 6.07 Å². The molecular weight excluding hydrogens is 398 g/mol. The number of ether oxygens (including phenoxy) is 1. The lowest BCUT2D eigenvalue weighted by atomic mass is 9.69. The number of aryl methyl sites for hydroxylation is 2. The molecule has 1 aliphatic carbocycles. The van der Waals surface area contributed by atoms with Crippen LogP contribution < -0.4 is 5.73 Å². The zero-order chi connectivity index (χ0) is 23.7. The molecule has 0 radical (unpaired) electrons. The van der Waals surface area contributed by atoms with E-state index in [9.17, 15) is 20.2 Å². The fourth-order valence-corrected chi connectivity index (χ4v) is 4.49. The van der Waals surface area contributed by atoms with Gasteiger partial charge in [-0.2, -0.15) is 5.26 Å². The monoisotopic (exact) mass is 427 g/mol. The standard InChI is InChI=1S/C21H23N3O4.C2H6O/c1-10-6-11(2)19(24(26)27)12(3)16(10)17-13(9-22)20(23)28-15-8-21(4,5)7-14(25)18(15)17;1-2-3/h6,17H,7-8,23H2,1-5H3;3H,2H2,1H3. The Morgan fingerprint density at radius 1 is 1.32 bits per heavy atom. The molecule has 3 N–H and O–H groups in total. The van der Waals surface area contributed by atoms with Crippen LogP contribution in [0.1, 0.15) is 61.8 Å². The van der Waals surface area contributed by atoms with E-state index in [-0.39, 0.29) is 34.9 Å². The first kappa shape index (κ1) is 24.1. The maximum absolute atomic E-state index is 13.1. The largest absolute Gasteiger partial charge is 0.444 e. The van der Waals surface area contributed by atoms with Crippen LogP contribution in [0.4, 0.5) is 5.69 Å². The van der Waals surface area contributed by atoms with E-state index < -0.39 is 10.8 Å². The van der Waals surface area contributed by atoms with Gasteiger partial charge in [-0.3, -0.25) is 14.9 Å². The third-order valence-electron chi connectivity index (χ3n) is 5.54. The highest BCUT2D eigenvalue weighted by atomic mass is 16.6. The van der Waals surface area contributed by atoms with E-state index in [1.54, 1.807) is 26.8 Å². The van der Waals surface area contributed by atoms with E-state index in [2.05, 4.69) is 6.07 Å². The summed E-state index contributed by atoms with van der Waals surface area (Å²) < 4.78 is 5.69. The van der Waals surface area contributed by atoms with Crippen molar-refractivity contribution in [3.63, 3.8) is 0 Å². The molecular formula is C23H29N3O5. The number of hydrogen-bond donors (Lipinski definition) is 2. The number of allylic oxidation sites excluding steroid dienone is 3. The van der Waals surface area contributed by atoms with Crippen molar-refractivity contribution in [3.05, 3.63) is 61.2 Å². The molecule has 31 heavy (non-hydrogen) atoms. The number of Topliss-reactive ketones (excluding diaryl/α,β-unsaturated/α-hetero) is 1. The van der Waals surface area contributed by atoms with E-state index in [1.807, 2.05) is 20.8 Å². The van der Waals surface area contributed by atoms with Gasteiger partial charge in [0, 0.05) is 36.1 Å². The van der Waals surface area contributed by atoms with Crippen LogP contribution in [0.2, 0.25) is 0 Å². The van der Waals surface area contributed by atoms with Crippen LogP contribution in [0.15, 0.2) is 28.9 Å². The Balaban J connectivity index is 0.00000107. The number of hydrogen-bond acceptors (Lipinski definition) is 7. The fraction of sp³-hybridized carbons (Fsp3) is 0.478. The molecule has 1 aromatic rings. The summed E-state index contributed by atoms with van der Waals surface area (Å²) in [4.78, 5) is 24.3. The first-order chi connectivity index (χ1) is 14.4. The van der Waals surface area contributed by atoms with Crippen molar-refractivity contribution < 1.29 is 19.6 Å². The first-order valence-electron chi connectivity index (χ1n) is 10.1. The molecule has 0 spiro atoms. The predicted octanol–water partition coefficient (Wildman–Crippen LogP) is 3.97. The molecule has 0 saturated carbocycles. The number of nitro groups is 1. The number of benzene rings is 1. The first-order valence-corrected chi connectivity index (χ1v) is 10.1. The Kier molecular flexibility index (Phi) is 6.92. The third kappa shape index (κ3) is 4.47. The van der Waals surface area contributed by atoms with Gasteiger partial charge in [0.2, 0.25) is 5.88 Å². The number of nitrogens with two attached hydrogens (primary N) is 1. The second-order valence-corrected chi connectivity index (χ2v) is 8.67. The molecule has 1 unspecified atom stereocenters. The highest BCUT2D eigenvalue weighted by Gasteiger charge is 2.44. The number of carbonyl (C=O) groups is 1. The average Bonchev–Trinajstić information content (AvgIpc) is 2.59. The number of aliphatic hydroxyl groups excluding tert-OH is 1. The number of aliphatic hydroxyl groups is 1. The maximum atomic E-state index is 13.1. The van der Waals surface area contributed by atoms with Gasteiger partial charge in [-0.25, -0.2) is 0 Å². The molecule has 3 rings (SSSR count). The zero-order valence-electron chi connectivity index (χ0n) is 18.8. The highest BCUT2D eigenvalue weighted by molar-refractivity contribution is 6.00.